The summed E-state index contributed by atoms with van der Waals surface area (Å²) in [7, 11) is 0. The molecule has 0 saturated heterocycles. The molecular formula is C13H11BrN4O3. The molecule has 0 bridgehead atoms. The molecule has 1 fully saturated rings. The van der Waals surface area contributed by atoms with Crippen molar-refractivity contribution in [2.75, 3.05) is 5.73 Å². The van der Waals surface area contributed by atoms with E-state index in [1.165, 1.54) is 18.2 Å². The number of anilines is 1. The van der Waals surface area contributed by atoms with Gasteiger partial charge in [-0.25, -0.2) is 4.98 Å². The van der Waals surface area contributed by atoms with E-state index >= 15 is 0 Å². The number of hydrogen-bond donors (Lipinski definition) is 1. The lowest BCUT2D eigenvalue weighted by Crippen LogP contribution is -2.00. The van der Waals surface area contributed by atoms with Crippen LogP contribution in [0.1, 0.15) is 24.6 Å². The number of nitro benzene ring substituents is 1. The molecule has 21 heavy (non-hydrogen) atoms. The Morgan fingerprint density at radius 1 is 1.33 bits per heavy atom. The van der Waals surface area contributed by atoms with Gasteiger partial charge < -0.3 is 10.5 Å². The van der Waals surface area contributed by atoms with E-state index in [0.29, 0.717) is 27.8 Å². The zero-order valence-corrected chi connectivity index (χ0v) is 12.4. The molecule has 0 spiro atoms. The van der Waals surface area contributed by atoms with Gasteiger partial charge in [0.25, 0.3) is 5.69 Å². The van der Waals surface area contributed by atoms with Gasteiger partial charge in [-0.15, -0.1) is 0 Å². The van der Waals surface area contributed by atoms with Crippen molar-refractivity contribution in [1.29, 1.82) is 0 Å². The van der Waals surface area contributed by atoms with Crippen LogP contribution < -0.4 is 10.5 Å². The third kappa shape index (κ3) is 3.10. The summed E-state index contributed by atoms with van der Waals surface area (Å²) in [5.41, 5.74) is 5.69. The Kier molecular flexibility index (Phi) is 3.46. The van der Waals surface area contributed by atoms with Crippen LogP contribution in [0.5, 0.6) is 11.6 Å². The van der Waals surface area contributed by atoms with Gasteiger partial charge in [-0.3, -0.25) is 10.1 Å². The van der Waals surface area contributed by atoms with Crippen molar-refractivity contribution in [2.24, 2.45) is 0 Å². The highest BCUT2D eigenvalue weighted by Crippen LogP contribution is 2.39. The summed E-state index contributed by atoms with van der Waals surface area (Å²) in [6, 6.07) is 5.77. The molecule has 8 heteroatoms. The average Bonchev–Trinajstić information content (AvgIpc) is 3.24. The first-order chi connectivity index (χ1) is 10.0. The lowest BCUT2D eigenvalue weighted by atomic mass is 10.3. The molecule has 1 aliphatic carbocycles. The zero-order chi connectivity index (χ0) is 15.0. The Hall–Kier alpha value is -2.22. The Balaban J connectivity index is 1.92. The standard InChI is InChI=1S/C13H11BrN4O3/c14-9-4-3-8(18(19)20)5-10(9)21-12-6-11(15)16-13(17-12)7-1-2-7/h3-7H,1-2H2,(H2,15,16,17). The van der Waals surface area contributed by atoms with E-state index in [4.69, 9.17) is 10.5 Å². The fourth-order valence-electron chi connectivity index (χ4n) is 1.83. The summed E-state index contributed by atoms with van der Waals surface area (Å²) in [5, 5.41) is 10.8. The van der Waals surface area contributed by atoms with E-state index in [0.717, 1.165) is 12.8 Å². The van der Waals surface area contributed by atoms with E-state index < -0.39 is 4.92 Å². The molecule has 108 valence electrons. The largest absolute Gasteiger partial charge is 0.437 e. The highest BCUT2D eigenvalue weighted by Gasteiger charge is 2.27. The molecule has 0 aliphatic heterocycles. The van der Waals surface area contributed by atoms with Gasteiger partial charge in [0.2, 0.25) is 5.88 Å². The number of benzene rings is 1. The topological polar surface area (TPSA) is 104 Å². The van der Waals surface area contributed by atoms with Gasteiger partial charge in [-0.1, -0.05) is 0 Å². The third-order valence-corrected chi connectivity index (χ3v) is 3.68. The summed E-state index contributed by atoms with van der Waals surface area (Å²) in [6.45, 7) is 0. The fraction of sp³-hybridized carbons (Fsp3) is 0.231. The number of nitro groups is 1. The van der Waals surface area contributed by atoms with Crippen molar-refractivity contribution < 1.29 is 9.66 Å². The van der Waals surface area contributed by atoms with Crippen molar-refractivity contribution in [2.45, 2.75) is 18.8 Å². The predicted molar refractivity (Wildman–Crippen MR) is 79.3 cm³/mol. The Morgan fingerprint density at radius 3 is 2.76 bits per heavy atom. The highest BCUT2D eigenvalue weighted by molar-refractivity contribution is 9.10. The molecule has 1 aliphatic rings. The van der Waals surface area contributed by atoms with Gasteiger partial charge in [0.1, 0.15) is 11.6 Å². The number of ether oxygens (including phenoxy) is 1. The first kappa shape index (κ1) is 13.7. The van der Waals surface area contributed by atoms with Crippen LogP contribution in [0.3, 0.4) is 0 Å². The van der Waals surface area contributed by atoms with Crippen molar-refractivity contribution in [1.82, 2.24) is 9.97 Å². The maximum absolute atomic E-state index is 10.8. The lowest BCUT2D eigenvalue weighted by Gasteiger charge is -2.08. The number of non-ortho nitro benzene ring substituents is 1. The van der Waals surface area contributed by atoms with Crippen LogP contribution in [-0.2, 0) is 0 Å². The molecule has 0 radical (unpaired) electrons. The van der Waals surface area contributed by atoms with Crippen molar-refractivity contribution in [3.05, 3.63) is 44.7 Å². The minimum atomic E-state index is -0.483. The van der Waals surface area contributed by atoms with Crippen LogP contribution in [0, 0.1) is 10.1 Å². The van der Waals surface area contributed by atoms with E-state index in [-0.39, 0.29) is 11.6 Å². The molecule has 1 heterocycles. The fourth-order valence-corrected chi connectivity index (χ4v) is 2.16. The Bertz CT molecular complexity index is 719. The van der Waals surface area contributed by atoms with Gasteiger partial charge >= 0.3 is 0 Å². The number of nitrogens with two attached hydrogens (primary N) is 1. The average molecular weight is 351 g/mol. The van der Waals surface area contributed by atoms with Crippen LogP contribution in [-0.4, -0.2) is 14.9 Å². The molecule has 1 saturated carbocycles. The molecule has 2 N–H and O–H groups in total. The van der Waals surface area contributed by atoms with Crippen LogP contribution in [0.25, 0.3) is 0 Å². The van der Waals surface area contributed by atoms with E-state index in [1.807, 2.05) is 0 Å². The second kappa shape index (κ2) is 5.28. The number of nitrogen functional groups attached to an aromatic ring is 1. The third-order valence-electron chi connectivity index (χ3n) is 3.02. The quantitative estimate of drug-likeness (QED) is 0.669. The molecule has 2 aromatic rings. The van der Waals surface area contributed by atoms with E-state index in [9.17, 15) is 10.1 Å². The second-order valence-electron chi connectivity index (χ2n) is 4.74. The monoisotopic (exact) mass is 350 g/mol. The maximum atomic E-state index is 10.8. The van der Waals surface area contributed by atoms with Crippen LogP contribution in [0.2, 0.25) is 0 Å². The first-order valence-electron chi connectivity index (χ1n) is 6.29. The molecule has 1 aromatic heterocycles. The van der Waals surface area contributed by atoms with E-state index in [2.05, 4.69) is 25.9 Å². The molecule has 0 amide bonds. The molecule has 3 rings (SSSR count). The summed E-state index contributed by atoms with van der Waals surface area (Å²) in [6.07, 6.45) is 2.09. The van der Waals surface area contributed by atoms with Crippen molar-refractivity contribution >= 4 is 27.4 Å². The molecule has 0 atom stereocenters. The number of hydrogen-bond acceptors (Lipinski definition) is 6. The smallest absolute Gasteiger partial charge is 0.273 e. The summed E-state index contributed by atoms with van der Waals surface area (Å²) < 4.78 is 6.21. The van der Waals surface area contributed by atoms with Gasteiger partial charge in [-0.05, 0) is 34.8 Å². The van der Waals surface area contributed by atoms with Crippen molar-refractivity contribution in [3.63, 3.8) is 0 Å². The van der Waals surface area contributed by atoms with Crippen molar-refractivity contribution in [3.8, 4) is 11.6 Å². The SMILES string of the molecule is Nc1cc(Oc2cc([N+](=O)[O-])ccc2Br)nc(C2CC2)n1. The van der Waals surface area contributed by atoms with Gasteiger partial charge in [0, 0.05) is 18.1 Å². The number of aromatic nitrogens is 2. The minimum absolute atomic E-state index is 0.0577. The minimum Gasteiger partial charge on any atom is -0.437 e. The maximum Gasteiger partial charge on any atom is 0.273 e. The van der Waals surface area contributed by atoms with Crippen LogP contribution in [0.4, 0.5) is 11.5 Å². The summed E-state index contributed by atoms with van der Waals surface area (Å²) in [4.78, 5) is 18.8. The molecule has 7 nitrogen and oxygen atoms in total. The van der Waals surface area contributed by atoms with Crippen LogP contribution in [0.15, 0.2) is 28.7 Å². The highest BCUT2D eigenvalue weighted by atomic mass is 79.9. The zero-order valence-electron chi connectivity index (χ0n) is 10.8. The molecule has 0 unspecified atom stereocenters. The Morgan fingerprint density at radius 2 is 2.10 bits per heavy atom. The predicted octanol–water partition coefficient (Wildman–Crippen LogP) is 3.40. The van der Waals surface area contributed by atoms with Gasteiger partial charge in [0.05, 0.1) is 15.5 Å². The molecular weight excluding hydrogens is 340 g/mol. The summed E-state index contributed by atoms with van der Waals surface area (Å²) >= 11 is 3.29. The second-order valence-corrected chi connectivity index (χ2v) is 5.59. The Labute approximate surface area is 128 Å². The lowest BCUT2D eigenvalue weighted by molar-refractivity contribution is -0.384. The normalized spacial score (nSPS) is 14.0. The molecule has 1 aromatic carbocycles. The summed E-state index contributed by atoms with van der Waals surface area (Å²) in [5.74, 6) is 1.91. The van der Waals surface area contributed by atoms with E-state index in [1.54, 1.807) is 6.07 Å². The first-order valence-corrected chi connectivity index (χ1v) is 7.08. The van der Waals surface area contributed by atoms with Gasteiger partial charge in [-0.2, -0.15) is 4.98 Å². The number of halogens is 1. The van der Waals surface area contributed by atoms with Crippen LogP contribution >= 0.6 is 15.9 Å². The number of nitrogens with zero attached hydrogens (tertiary/aromatic N) is 3. The number of rotatable bonds is 4. The van der Waals surface area contributed by atoms with Gasteiger partial charge in [0.15, 0.2) is 5.75 Å².